The van der Waals surface area contributed by atoms with E-state index >= 15 is 0 Å². The summed E-state index contributed by atoms with van der Waals surface area (Å²) in [4.78, 5) is 11.1. The average Bonchev–Trinajstić information content (AvgIpc) is 2.90. The first-order valence-electron chi connectivity index (χ1n) is 6.62. The number of aromatic nitrogens is 1. The molecule has 1 N–H and O–H groups in total. The van der Waals surface area contributed by atoms with Crippen molar-refractivity contribution in [1.82, 2.24) is 4.57 Å². The quantitative estimate of drug-likeness (QED) is 0.797. The van der Waals surface area contributed by atoms with Crippen molar-refractivity contribution in [2.24, 2.45) is 0 Å². The number of hydrogen-bond donors (Lipinski definition) is 1. The molecule has 0 spiro atoms. The lowest BCUT2D eigenvalue weighted by Gasteiger charge is -2.07. The van der Waals surface area contributed by atoms with Crippen molar-refractivity contribution in [3.05, 3.63) is 65.9 Å². The van der Waals surface area contributed by atoms with Crippen LogP contribution in [0.4, 0.5) is 0 Å². The van der Waals surface area contributed by atoms with Gasteiger partial charge in [0.15, 0.2) is 0 Å². The van der Waals surface area contributed by atoms with E-state index in [1.54, 1.807) is 19.2 Å². The van der Waals surface area contributed by atoms with Gasteiger partial charge < -0.3 is 14.4 Å². The molecule has 3 rings (SSSR count). The second kappa shape index (κ2) is 5.32. The van der Waals surface area contributed by atoms with Crippen molar-refractivity contribution in [2.45, 2.75) is 6.54 Å². The number of aromatic carboxylic acids is 1. The summed E-state index contributed by atoms with van der Waals surface area (Å²) in [7, 11) is 1.64. The molecule has 0 saturated carbocycles. The van der Waals surface area contributed by atoms with Gasteiger partial charge >= 0.3 is 5.97 Å². The van der Waals surface area contributed by atoms with Crippen LogP contribution in [0, 0.1) is 0 Å². The Bertz CT molecular complexity index is 787. The van der Waals surface area contributed by atoms with E-state index in [4.69, 9.17) is 9.84 Å². The smallest absolute Gasteiger partial charge is 0.335 e. The number of benzene rings is 2. The molecule has 0 radical (unpaired) electrons. The lowest BCUT2D eigenvalue weighted by atomic mass is 10.1. The Balaban J connectivity index is 1.95. The lowest BCUT2D eigenvalue weighted by Crippen LogP contribution is -2.00. The third kappa shape index (κ3) is 2.60. The molecule has 1 heterocycles. The Morgan fingerprint density at radius 2 is 1.90 bits per heavy atom. The number of fused-ring (bicyclic) bond motifs is 1. The Morgan fingerprint density at radius 1 is 1.14 bits per heavy atom. The zero-order valence-electron chi connectivity index (χ0n) is 11.6. The first kappa shape index (κ1) is 13.2. The summed E-state index contributed by atoms with van der Waals surface area (Å²) in [6.07, 6.45) is 1.97. The van der Waals surface area contributed by atoms with Crippen molar-refractivity contribution < 1.29 is 14.6 Å². The normalized spacial score (nSPS) is 10.7. The molecule has 1 aromatic heterocycles. The fourth-order valence-electron chi connectivity index (χ4n) is 2.38. The van der Waals surface area contributed by atoms with Crippen molar-refractivity contribution in [1.29, 1.82) is 0 Å². The van der Waals surface area contributed by atoms with Gasteiger partial charge in [-0.05, 0) is 41.3 Å². The van der Waals surface area contributed by atoms with Crippen molar-refractivity contribution in [3.63, 3.8) is 0 Å². The SMILES string of the molecule is COc1ccc(Cn2ccc3ccc(C(=O)O)cc32)cc1. The minimum absolute atomic E-state index is 0.303. The zero-order chi connectivity index (χ0) is 14.8. The molecule has 0 aliphatic carbocycles. The fourth-order valence-corrected chi connectivity index (χ4v) is 2.38. The Morgan fingerprint density at radius 3 is 2.57 bits per heavy atom. The van der Waals surface area contributed by atoms with Crippen LogP contribution in [0.3, 0.4) is 0 Å². The largest absolute Gasteiger partial charge is 0.497 e. The second-order valence-corrected chi connectivity index (χ2v) is 4.87. The predicted molar refractivity (Wildman–Crippen MR) is 81.0 cm³/mol. The maximum atomic E-state index is 11.1. The molecule has 0 saturated heterocycles. The molecule has 106 valence electrons. The highest BCUT2D eigenvalue weighted by atomic mass is 16.5. The maximum absolute atomic E-state index is 11.1. The molecular weight excluding hydrogens is 266 g/mol. The number of rotatable bonds is 4. The van der Waals surface area contributed by atoms with E-state index in [9.17, 15) is 4.79 Å². The molecule has 0 unspecified atom stereocenters. The van der Waals surface area contributed by atoms with Crippen molar-refractivity contribution >= 4 is 16.9 Å². The first-order valence-corrected chi connectivity index (χ1v) is 6.62. The third-order valence-corrected chi connectivity index (χ3v) is 3.53. The summed E-state index contributed by atoms with van der Waals surface area (Å²) < 4.78 is 7.19. The van der Waals surface area contributed by atoms with Gasteiger partial charge in [-0.2, -0.15) is 0 Å². The summed E-state index contributed by atoms with van der Waals surface area (Å²) in [6, 6.07) is 15.0. The summed E-state index contributed by atoms with van der Waals surface area (Å²) in [5.41, 5.74) is 2.36. The molecule has 0 fully saturated rings. The topological polar surface area (TPSA) is 51.5 Å². The van der Waals surface area contributed by atoms with E-state index in [0.29, 0.717) is 12.1 Å². The second-order valence-electron chi connectivity index (χ2n) is 4.87. The van der Waals surface area contributed by atoms with Gasteiger partial charge in [0.2, 0.25) is 0 Å². The van der Waals surface area contributed by atoms with Crippen LogP contribution in [0.1, 0.15) is 15.9 Å². The lowest BCUT2D eigenvalue weighted by molar-refractivity contribution is 0.0697. The van der Waals surface area contributed by atoms with Gasteiger partial charge in [0.1, 0.15) is 5.75 Å². The van der Waals surface area contributed by atoms with Crippen LogP contribution in [-0.4, -0.2) is 22.8 Å². The number of nitrogens with zero attached hydrogens (tertiary/aromatic N) is 1. The number of carboxylic acids is 1. The van der Waals surface area contributed by atoms with Gasteiger partial charge in [-0.25, -0.2) is 4.79 Å². The summed E-state index contributed by atoms with van der Waals surface area (Å²) in [5.74, 6) is -0.0848. The fraction of sp³-hybridized carbons (Fsp3) is 0.118. The minimum atomic E-state index is -0.908. The molecule has 0 bridgehead atoms. The standard InChI is InChI=1S/C17H15NO3/c1-21-15-6-2-12(3-7-15)11-18-9-8-13-4-5-14(17(19)20)10-16(13)18/h2-10H,11H2,1H3,(H,19,20). The highest BCUT2D eigenvalue weighted by Crippen LogP contribution is 2.20. The molecule has 0 aliphatic rings. The van der Waals surface area contributed by atoms with E-state index < -0.39 is 5.97 Å². The molecule has 3 aromatic rings. The monoisotopic (exact) mass is 281 g/mol. The number of carbonyl (C=O) groups is 1. The molecule has 21 heavy (non-hydrogen) atoms. The summed E-state index contributed by atoms with van der Waals surface area (Å²) in [6.45, 7) is 0.691. The van der Waals surface area contributed by atoms with Gasteiger partial charge in [0.25, 0.3) is 0 Å². The van der Waals surface area contributed by atoms with Crippen LogP contribution in [0.15, 0.2) is 54.7 Å². The van der Waals surface area contributed by atoms with Crippen LogP contribution in [0.2, 0.25) is 0 Å². The number of ether oxygens (including phenoxy) is 1. The summed E-state index contributed by atoms with van der Waals surface area (Å²) >= 11 is 0. The number of hydrogen-bond acceptors (Lipinski definition) is 2. The van der Waals surface area contributed by atoms with Crippen LogP contribution >= 0.6 is 0 Å². The maximum Gasteiger partial charge on any atom is 0.335 e. The summed E-state index contributed by atoms with van der Waals surface area (Å²) in [5, 5.41) is 10.1. The van der Waals surface area contributed by atoms with Gasteiger partial charge in [0, 0.05) is 18.3 Å². The van der Waals surface area contributed by atoms with Crippen molar-refractivity contribution in [2.75, 3.05) is 7.11 Å². The molecule has 2 aromatic carbocycles. The van der Waals surface area contributed by atoms with E-state index in [2.05, 4.69) is 0 Å². The molecule has 0 atom stereocenters. The van der Waals surface area contributed by atoms with Crippen LogP contribution in [0.25, 0.3) is 10.9 Å². The van der Waals surface area contributed by atoms with E-state index in [1.165, 1.54) is 0 Å². The van der Waals surface area contributed by atoms with Gasteiger partial charge in [0.05, 0.1) is 12.7 Å². The Kier molecular flexibility index (Phi) is 3.36. The molecule has 0 aliphatic heterocycles. The number of carboxylic acid groups (broad SMARTS) is 1. The zero-order valence-corrected chi connectivity index (χ0v) is 11.6. The Hall–Kier alpha value is -2.75. The molecule has 4 nitrogen and oxygen atoms in total. The van der Waals surface area contributed by atoms with Crippen LogP contribution < -0.4 is 4.74 Å². The predicted octanol–water partition coefficient (Wildman–Crippen LogP) is 3.40. The van der Waals surface area contributed by atoms with Crippen LogP contribution in [-0.2, 0) is 6.54 Å². The van der Waals surface area contributed by atoms with E-state index in [-0.39, 0.29) is 0 Å². The molecular formula is C17H15NO3. The highest BCUT2D eigenvalue weighted by molar-refractivity contribution is 5.93. The molecule has 0 amide bonds. The highest BCUT2D eigenvalue weighted by Gasteiger charge is 2.07. The molecule has 4 heteroatoms. The Labute approximate surface area is 122 Å². The van der Waals surface area contributed by atoms with Gasteiger partial charge in [-0.1, -0.05) is 18.2 Å². The van der Waals surface area contributed by atoms with E-state index in [0.717, 1.165) is 22.2 Å². The van der Waals surface area contributed by atoms with Gasteiger partial charge in [-0.3, -0.25) is 0 Å². The minimum Gasteiger partial charge on any atom is -0.497 e. The average molecular weight is 281 g/mol. The van der Waals surface area contributed by atoms with Crippen LogP contribution in [0.5, 0.6) is 5.75 Å². The first-order chi connectivity index (χ1) is 10.2. The van der Waals surface area contributed by atoms with Crippen molar-refractivity contribution in [3.8, 4) is 5.75 Å². The van der Waals surface area contributed by atoms with E-state index in [1.807, 2.05) is 47.2 Å². The third-order valence-electron chi connectivity index (χ3n) is 3.53. The number of methoxy groups -OCH3 is 1. The van der Waals surface area contributed by atoms with Gasteiger partial charge in [-0.15, -0.1) is 0 Å².